The summed E-state index contributed by atoms with van der Waals surface area (Å²) in [5.74, 6) is -15.7. The molecule has 0 saturated heterocycles. The van der Waals surface area contributed by atoms with Gasteiger partial charge in [-0.15, -0.1) is 45.3 Å². The lowest BCUT2D eigenvalue weighted by Gasteiger charge is -2.25. The third-order valence-electron chi connectivity index (χ3n) is 6.94. The molecule has 188 valence electrons. The average Bonchev–Trinajstić information content (AvgIpc) is 3.57. The Labute approximate surface area is 222 Å². The van der Waals surface area contributed by atoms with E-state index in [0.717, 1.165) is 20.2 Å². The number of hydrogen-bond donors (Lipinski definition) is 0. The van der Waals surface area contributed by atoms with E-state index in [1.54, 1.807) is 36.4 Å². The highest BCUT2D eigenvalue weighted by atomic mass is 32.1. The number of benzene rings is 2. The molecule has 0 radical (unpaired) electrons. The predicted octanol–water partition coefficient (Wildman–Crippen LogP) is 11.0. The lowest BCUT2D eigenvalue weighted by atomic mass is 9.95. The van der Waals surface area contributed by atoms with Crippen molar-refractivity contribution in [1.82, 2.24) is 0 Å². The van der Waals surface area contributed by atoms with Crippen molar-refractivity contribution in [3.63, 3.8) is 0 Å². The Balaban J connectivity index is 1.67. The maximum Gasteiger partial charge on any atom is 0.380 e. The van der Waals surface area contributed by atoms with Crippen LogP contribution in [0.5, 0.6) is 0 Å². The first-order chi connectivity index (χ1) is 17.5. The molecule has 0 unspecified atom stereocenters. The van der Waals surface area contributed by atoms with Crippen molar-refractivity contribution in [2.75, 3.05) is 0 Å². The number of rotatable bonds is 2. The quantitative estimate of drug-likeness (QED) is 0.179. The van der Waals surface area contributed by atoms with Gasteiger partial charge >= 0.3 is 17.8 Å². The molecule has 1 aliphatic carbocycles. The molecule has 1 aliphatic rings. The van der Waals surface area contributed by atoms with Crippen LogP contribution in [0.2, 0.25) is 0 Å². The van der Waals surface area contributed by atoms with Crippen molar-refractivity contribution in [3.05, 3.63) is 69.4 Å². The zero-order valence-corrected chi connectivity index (χ0v) is 22.3. The van der Waals surface area contributed by atoms with Crippen LogP contribution in [-0.2, 0) is 0 Å². The van der Waals surface area contributed by atoms with Gasteiger partial charge in [0.25, 0.3) is 0 Å². The molecule has 0 fully saturated rings. The molecule has 0 nitrogen and oxygen atoms in total. The lowest BCUT2D eigenvalue weighted by Crippen LogP contribution is -2.48. The largest absolute Gasteiger partial charge is 0.380 e. The summed E-state index contributed by atoms with van der Waals surface area (Å²) in [7, 11) is 0. The van der Waals surface area contributed by atoms with Crippen LogP contribution >= 0.6 is 45.3 Å². The van der Waals surface area contributed by atoms with Gasteiger partial charge in [0.15, 0.2) is 0 Å². The molecule has 0 bridgehead atoms. The first kappa shape index (κ1) is 23.7. The van der Waals surface area contributed by atoms with Crippen LogP contribution < -0.4 is 0 Å². The molecule has 0 atom stereocenters. The number of halogens is 6. The maximum atomic E-state index is 15.7. The zero-order valence-electron chi connectivity index (χ0n) is 19.0. The fourth-order valence-electron chi connectivity index (χ4n) is 5.27. The van der Waals surface area contributed by atoms with E-state index in [9.17, 15) is 0 Å². The van der Waals surface area contributed by atoms with E-state index >= 15 is 26.3 Å². The summed E-state index contributed by atoms with van der Waals surface area (Å²) in [6.07, 6.45) is 0. The van der Waals surface area contributed by atoms with Crippen molar-refractivity contribution in [3.8, 4) is 0 Å². The summed E-state index contributed by atoms with van der Waals surface area (Å²) in [5, 5.41) is 1.59. The number of thiophene rings is 4. The van der Waals surface area contributed by atoms with E-state index in [-0.39, 0.29) is 11.1 Å². The number of aryl methyl sites for hydroxylation is 2. The molecule has 0 N–H and O–H groups in total. The summed E-state index contributed by atoms with van der Waals surface area (Å²) >= 11 is 4.68. The highest BCUT2D eigenvalue weighted by Gasteiger charge is 2.80. The van der Waals surface area contributed by atoms with E-state index in [0.29, 0.717) is 28.6 Å². The second kappa shape index (κ2) is 7.37. The van der Waals surface area contributed by atoms with Crippen LogP contribution in [0.1, 0.15) is 20.9 Å². The Morgan fingerprint density at radius 2 is 0.892 bits per heavy atom. The first-order valence-electron chi connectivity index (χ1n) is 11.2. The number of alkyl halides is 6. The fourth-order valence-corrected chi connectivity index (χ4v) is 10.6. The van der Waals surface area contributed by atoms with Gasteiger partial charge in [0, 0.05) is 52.2 Å². The molecule has 0 saturated carbocycles. The Kier molecular flexibility index (Phi) is 4.72. The van der Waals surface area contributed by atoms with Crippen LogP contribution in [0.4, 0.5) is 26.3 Å². The highest BCUT2D eigenvalue weighted by Crippen LogP contribution is 2.68. The van der Waals surface area contributed by atoms with Gasteiger partial charge in [-0.25, -0.2) is 0 Å². The Morgan fingerprint density at radius 1 is 0.514 bits per heavy atom. The second-order valence-electron chi connectivity index (χ2n) is 9.05. The van der Waals surface area contributed by atoms with Crippen LogP contribution in [0.3, 0.4) is 0 Å². The molecule has 0 spiro atoms. The monoisotopic (exact) mass is 580 g/mol. The predicted molar refractivity (Wildman–Crippen MR) is 146 cm³/mol. The molecule has 4 aromatic heterocycles. The third kappa shape index (κ3) is 2.79. The second-order valence-corrected chi connectivity index (χ2v) is 13.6. The van der Waals surface area contributed by atoms with Crippen molar-refractivity contribution in [2.45, 2.75) is 31.6 Å². The van der Waals surface area contributed by atoms with Crippen LogP contribution in [0.25, 0.3) is 50.1 Å². The minimum atomic E-state index is -5.58. The minimum absolute atomic E-state index is 0.196. The molecule has 10 heteroatoms. The van der Waals surface area contributed by atoms with Gasteiger partial charge in [-0.3, -0.25) is 0 Å². The van der Waals surface area contributed by atoms with E-state index < -0.39 is 28.9 Å². The van der Waals surface area contributed by atoms with Crippen LogP contribution in [0.15, 0.2) is 48.5 Å². The number of allylic oxidation sites excluding steroid dienone is 2. The van der Waals surface area contributed by atoms with E-state index in [1.165, 1.54) is 59.2 Å². The van der Waals surface area contributed by atoms with Crippen molar-refractivity contribution in [2.24, 2.45) is 0 Å². The average molecular weight is 581 g/mol. The molecule has 6 aromatic rings. The lowest BCUT2D eigenvalue weighted by molar-refractivity contribution is -0.254. The van der Waals surface area contributed by atoms with E-state index in [4.69, 9.17) is 0 Å². The van der Waals surface area contributed by atoms with Gasteiger partial charge < -0.3 is 0 Å². The van der Waals surface area contributed by atoms with Gasteiger partial charge in [-0.2, -0.15) is 26.3 Å². The van der Waals surface area contributed by atoms with Gasteiger partial charge in [0.2, 0.25) is 0 Å². The maximum absolute atomic E-state index is 15.7. The van der Waals surface area contributed by atoms with E-state index in [1.807, 2.05) is 12.1 Å². The summed E-state index contributed by atoms with van der Waals surface area (Å²) in [5.41, 5.74) is -2.90. The summed E-state index contributed by atoms with van der Waals surface area (Å²) in [4.78, 5) is 0.626. The van der Waals surface area contributed by atoms with Gasteiger partial charge in [0.05, 0.1) is 18.8 Å². The van der Waals surface area contributed by atoms with Crippen LogP contribution in [-0.4, -0.2) is 17.8 Å². The topological polar surface area (TPSA) is 0 Å². The highest BCUT2D eigenvalue weighted by molar-refractivity contribution is 7.34. The van der Waals surface area contributed by atoms with Crippen LogP contribution in [0, 0.1) is 13.8 Å². The normalized spacial score (nSPS) is 18.8. The first-order valence-corrected chi connectivity index (χ1v) is 14.4. The molecular weight excluding hydrogens is 567 g/mol. The Morgan fingerprint density at radius 3 is 1.30 bits per heavy atom. The van der Waals surface area contributed by atoms with Crippen molar-refractivity contribution in [1.29, 1.82) is 0 Å². The van der Waals surface area contributed by atoms with E-state index in [2.05, 4.69) is 0 Å². The number of fused-ring (bicyclic) bond motifs is 6. The molecule has 2 aromatic carbocycles. The molecule has 7 rings (SSSR count). The van der Waals surface area contributed by atoms with Crippen molar-refractivity contribution >= 4 is 95.5 Å². The van der Waals surface area contributed by atoms with Gasteiger partial charge in [-0.05, 0) is 26.0 Å². The van der Waals surface area contributed by atoms with Crippen molar-refractivity contribution < 1.29 is 26.3 Å². The number of hydrogen-bond acceptors (Lipinski definition) is 4. The third-order valence-corrected chi connectivity index (χ3v) is 11.8. The summed E-state index contributed by atoms with van der Waals surface area (Å²) < 4.78 is 96.6. The molecule has 4 heterocycles. The minimum Gasteiger partial charge on any atom is -0.194 e. The summed E-state index contributed by atoms with van der Waals surface area (Å²) in [6, 6.07) is 14.4. The molecule has 37 heavy (non-hydrogen) atoms. The zero-order chi connectivity index (χ0) is 26.1. The SMILES string of the molecule is Cc1sc2c(sc3ccccc32)c1C1=C(c2c(C)sc3c2sc2ccccc23)C(F)(F)C(F)(F)C1(F)F. The fraction of sp³-hybridized carbons (Fsp3) is 0.185. The van der Waals surface area contributed by atoms with Gasteiger partial charge in [-0.1, -0.05) is 36.4 Å². The molecular formula is C27H14F6S4. The molecule has 0 aliphatic heterocycles. The standard InChI is InChI=1S/C27H14F6S4/c1-11-17(23-21(34-11)13-7-3-5-9-15(13)36-23)19-20(26(30,31)27(32,33)25(19,28)29)18-12(2)35-22-14-8-4-6-10-16(14)37-24(18)22/h3-10H,1-2H3. The molecule has 0 amide bonds. The smallest absolute Gasteiger partial charge is 0.194 e. The Hall–Kier alpha value is -2.40. The summed E-state index contributed by atoms with van der Waals surface area (Å²) in [6.45, 7) is 3.07. The Bertz CT molecular complexity index is 1810. The van der Waals surface area contributed by atoms with Gasteiger partial charge in [0.1, 0.15) is 0 Å².